The molecule has 1 aromatic rings. The van der Waals surface area contributed by atoms with Crippen molar-refractivity contribution in [1.82, 2.24) is 10.2 Å². The van der Waals surface area contributed by atoms with Gasteiger partial charge in [-0.05, 0) is 50.3 Å². The molecule has 1 aliphatic rings. The number of hydrogen-bond donors (Lipinski definition) is 2. The number of aliphatic hydroxyl groups excluding tert-OH is 1. The first-order chi connectivity index (χ1) is 11.0. The highest BCUT2D eigenvalue weighted by molar-refractivity contribution is 5.94. The molecule has 23 heavy (non-hydrogen) atoms. The Labute approximate surface area is 137 Å². The van der Waals surface area contributed by atoms with E-state index in [2.05, 4.69) is 5.32 Å². The van der Waals surface area contributed by atoms with Crippen molar-refractivity contribution < 1.29 is 14.7 Å². The average Bonchev–Trinajstić information content (AvgIpc) is 2.99. The number of likely N-dealkylation sites (tertiary alicyclic amines) is 1. The minimum Gasteiger partial charge on any atom is -0.393 e. The maximum Gasteiger partial charge on any atom is 0.251 e. The maximum absolute atomic E-state index is 12.5. The third-order valence-corrected chi connectivity index (χ3v) is 4.35. The lowest BCUT2D eigenvalue weighted by molar-refractivity contribution is -0.132. The van der Waals surface area contributed by atoms with Gasteiger partial charge in [0.1, 0.15) is 0 Å². The number of benzene rings is 1. The molecule has 2 rings (SSSR count). The molecule has 126 valence electrons. The van der Waals surface area contributed by atoms with Gasteiger partial charge in [-0.1, -0.05) is 12.1 Å². The van der Waals surface area contributed by atoms with Crippen LogP contribution in [-0.2, 0) is 11.2 Å². The maximum atomic E-state index is 12.5. The van der Waals surface area contributed by atoms with Crippen LogP contribution in [-0.4, -0.2) is 47.6 Å². The van der Waals surface area contributed by atoms with Crippen LogP contribution in [0.1, 0.15) is 48.5 Å². The van der Waals surface area contributed by atoms with E-state index in [1.165, 1.54) is 0 Å². The van der Waals surface area contributed by atoms with Crippen LogP contribution in [0, 0.1) is 0 Å². The van der Waals surface area contributed by atoms with Crippen molar-refractivity contribution >= 4 is 11.8 Å². The molecule has 0 radical (unpaired) electrons. The van der Waals surface area contributed by atoms with E-state index in [9.17, 15) is 14.7 Å². The van der Waals surface area contributed by atoms with E-state index in [1.54, 1.807) is 20.0 Å². The Kier molecular flexibility index (Phi) is 6.16. The van der Waals surface area contributed by atoms with Crippen LogP contribution in [0.2, 0.25) is 0 Å². The summed E-state index contributed by atoms with van der Waals surface area (Å²) in [4.78, 5) is 26.0. The molecule has 1 aliphatic heterocycles. The van der Waals surface area contributed by atoms with Crippen molar-refractivity contribution in [1.29, 1.82) is 0 Å². The van der Waals surface area contributed by atoms with Gasteiger partial charge in [0, 0.05) is 31.6 Å². The highest BCUT2D eigenvalue weighted by Crippen LogP contribution is 2.22. The van der Waals surface area contributed by atoms with Crippen LogP contribution < -0.4 is 5.32 Å². The first-order valence-corrected chi connectivity index (χ1v) is 8.30. The molecule has 2 unspecified atom stereocenters. The van der Waals surface area contributed by atoms with Gasteiger partial charge in [-0.25, -0.2) is 0 Å². The Morgan fingerprint density at radius 3 is 2.91 bits per heavy atom. The third kappa shape index (κ3) is 4.79. The van der Waals surface area contributed by atoms with Crippen LogP contribution in [0.5, 0.6) is 0 Å². The number of carbonyl (C=O) groups excluding carboxylic acids is 2. The van der Waals surface area contributed by atoms with Crippen molar-refractivity contribution in [3.8, 4) is 0 Å². The second kappa shape index (κ2) is 8.11. The number of amides is 2. The van der Waals surface area contributed by atoms with Gasteiger partial charge in [-0.2, -0.15) is 0 Å². The molecule has 0 bridgehead atoms. The number of aliphatic hydroxyl groups is 1. The van der Waals surface area contributed by atoms with E-state index < -0.39 is 0 Å². The molecule has 1 fully saturated rings. The highest BCUT2D eigenvalue weighted by atomic mass is 16.3. The SMILES string of the molecule is CNC(=O)c1cccc(CCC(=O)N2CCCC2CC(C)O)c1. The van der Waals surface area contributed by atoms with Gasteiger partial charge in [-0.15, -0.1) is 0 Å². The average molecular weight is 318 g/mol. The van der Waals surface area contributed by atoms with Crippen LogP contribution in [0.15, 0.2) is 24.3 Å². The lowest BCUT2D eigenvalue weighted by atomic mass is 10.0. The van der Waals surface area contributed by atoms with Crippen molar-refractivity contribution in [2.75, 3.05) is 13.6 Å². The van der Waals surface area contributed by atoms with Crippen molar-refractivity contribution in [2.45, 2.75) is 51.2 Å². The Balaban J connectivity index is 1.92. The fourth-order valence-corrected chi connectivity index (χ4v) is 3.21. The van der Waals surface area contributed by atoms with Crippen LogP contribution in [0.4, 0.5) is 0 Å². The zero-order valence-electron chi connectivity index (χ0n) is 13.9. The van der Waals surface area contributed by atoms with Gasteiger partial charge < -0.3 is 15.3 Å². The summed E-state index contributed by atoms with van der Waals surface area (Å²) in [7, 11) is 1.61. The van der Waals surface area contributed by atoms with Gasteiger partial charge in [0.25, 0.3) is 5.91 Å². The second-order valence-electron chi connectivity index (χ2n) is 6.25. The van der Waals surface area contributed by atoms with Crippen LogP contribution in [0.25, 0.3) is 0 Å². The molecule has 0 aromatic heterocycles. The lowest BCUT2D eigenvalue weighted by Crippen LogP contribution is -2.37. The van der Waals surface area contributed by atoms with E-state index in [0.717, 1.165) is 24.9 Å². The molecular formula is C18H26N2O3. The van der Waals surface area contributed by atoms with Gasteiger partial charge in [0.2, 0.25) is 5.91 Å². The van der Waals surface area contributed by atoms with Gasteiger partial charge in [-0.3, -0.25) is 9.59 Å². The molecule has 5 nitrogen and oxygen atoms in total. The molecule has 1 heterocycles. The van der Waals surface area contributed by atoms with Crippen molar-refractivity contribution in [3.63, 3.8) is 0 Å². The van der Waals surface area contributed by atoms with Crippen molar-refractivity contribution in [2.24, 2.45) is 0 Å². The number of carbonyl (C=O) groups is 2. The predicted molar refractivity (Wildman–Crippen MR) is 89.2 cm³/mol. The first kappa shape index (κ1) is 17.5. The molecular weight excluding hydrogens is 292 g/mol. The molecule has 2 amide bonds. The van der Waals surface area contributed by atoms with E-state index >= 15 is 0 Å². The smallest absolute Gasteiger partial charge is 0.251 e. The summed E-state index contributed by atoms with van der Waals surface area (Å²) in [6.07, 6.45) is 3.32. The molecule has 5 heteroatoms. The van der Waals surface area contributed by atoms with E-state index in [0.29, 0.717) is 24.8 Å². The number of nitrogens with one attached hydrogen (secondary N) is 1. The summed E-state index contributed by atoms with van der Waals surface area (Å²) in [6.45, 7) is 2.56. The molecule has 1 saturated heterocycles. The van der Waals surface area contributed by atoms with Crippen LogP contribution >= 0.6 is 0 Å². The van der Waals surface area contributed by atoms with Gasteiger partial charge in [0.05, 0.1) is 6.10 Å². The Morgan fingerprint density at radius 1 is 1.43 bits per heavy atom. The monoisotopic (exact) mass is 318 g/mol. The minimum atomic E-state index is -0.377. The number of hydrogen-bond acceptors (Lipinski definition) is 3. The number of aryl methyl sites for hydroxylation is 1. The summed E-state index contributed by atoms with van der Waals surface area (Å²) >= 11 is 0. The number of rotatable bonds is 6. The van der Waals surface area contributed by atoms with E-state index in [-0.39, 0.29) is 24.0 Å². The predicted octanol–water partition coefficient (Wildman–Crippen LogP) is 1.74. The van der Waals surface area contributed by atoms with Crippen LogP contribution in [0.3, 0.4) is 0 Å². The third-order valence-electron chi connectivity index (χ3n) is 4.35. The summed E-state index contributed by atoms with van der Waals surface area (Å²) < 4.78 is 0. The zero-order chi connectivity index (χ0) is 16.8. The fourth-order valence-electron chi connectivity index (χ4n) is 3.21. The summed E-state index contributed by atoms with van der Waals surface area (Å²) in [5.41, 5.74) is 1.61. The van der Waals surface area contributed by atoms with Gasteiger partial charge >= 0.3 is 0 Å². The second-order valence-corrected chi connectivity index (χ2v) is 6.25. The largest absolute Gasteiger partial charge is 0.393 e. The number of nitrogens with zero attached hydrogens (tertiary/aromatic N) is 1. The first-order valence-electron chi connectivity index (χ1n) is 8.30. The molecule has 2 atom stereocenters. The van der Waals surface area contributed by atoms with Crippen molar-refractivity contribution in [3.05, 3.63) is 35.4 Å². The zero-order valence-corrected chi connectivity index (χ0v) is 13.9. The quantitative estimate of drug-likeness (QED) is 0.839. The summed E-state index contributed by atoms with van der Waals surface area (Å²) in [6, 6.07) is 7.56. The summed E-state index contributed by atoms with van der Waals surface area (Å²) in [5.74, 6) is 0.0215. The van der Waals surface area contributed by atoms with E-state index in [4.69, 9.17) is 0 Å². The Morgan fingerprint density at radius 2 is 2.22 bits per heavy atom. The van der Waals surface area contributed by atoms with Gasteiger partial charge in [0.15, 0.2) is 0 Å². The molecule has 2 N–H and O–H groups in total. The molecule has 0 spiro atoms. The molecule has 1 aromatic carbocycles. The summed E-state index contributed by atoms with van der Waals surface area (Å²) in [5, 5.41) is 12.2. The molecule has 0 saturated carbocycles. The lowest BCUT2D eigenvalue weighted by Gasteiger charge is -2.25. The highest BCUT2D eigenvalue weighted by Gasteiger charge is 2.28. The fraction of sp³-hybridized carbons (Fsp3) is 0.556. The molecule has 0 aliphatic carbocycles. The standard InChI is InChI=1S/C18H26N2O3/c1-13(21)11-16-7-4-10-20(16)17(22)9-8-14-5-3-6-15(12-14)18(23)19-2/h3,5-6,12-13,16,21H,4,7-11H2,1-2H3,(H,19,23). The Bertz CT molecular complexity index is 557. The van der Waals surface area contributed by atoms with E-state index in [1.807, 2.05) is 23.1 Å². The normalized spacial score (nSPS) is 18.7. The minimum absolute atomic E-state index is 0.116. The topological polar surface area (TPSA) is 69.6 Å². The Hall–Kier alpha value is -1.88.